The number of fused-ring (bicyclic) bond motifs is 1. The minimum atomic E-state index is 0.456. The van der Waals surface area contributed by atoms with Gasteiger partial charge in [-0.15, -0.1) is 0 Å². The summed E-state index contributed by atoms with van der Waals surface area (Å²) in [5, 5.41) is 8.70. The molecule has 0 unspecified atom stereocenters. The van der Waals surface area contributed by atoms with Gasteiger partial charge in [0, 0.05) is 20.3 Å². The predicted octanol–water partition coefficient (Wildman–Crippen LogP) is 0.692. The van der Waals surface area contributed by atoms with Gasteiger partial charge >= 0.3 is 0 Å². The van der Waals surface area contributed by atoms with E-state index in [-0.39, 0.29) is 0 Å². The zero-order valence-corrected chi connectivity index (χ0v) is 10.8. The highest BCUT2D eigenvalue weighted by Gasteiger charge is 2.19. The third-order valence-corrected chi connectivity index (χ3v) is 3.06. The molecule has 3 aromatic heterocycles. The average Bonchev–Trinajstić information content (AvgIpc) is 2.85. The van der Waals surface area contributed by atoms with Crippen LogP contribution in [0.1, 0.15) is 11.4 Å². The van der Waals surface area contributed by atoms with E-state index in [1.165, 1.54) is 0 Å². The lowest BCUT2D eigenvalue weighted by atomic mass is 10.4. The summed E-state index contributed by atoms with van der Waals surface area (Å²) < 4.78 is 5.44. The Morgan fingerprint density at radius 2 is 1.83 bits per heavy atom. The van der Waals surface area contributed by atoms with E-state index < -0.39 is 0 Å². The first-order valence-corrected chi connectivity index (χ1v) is 5.67. The van der Waals surface area contributed by atoms with Crippen molar-refractivity contribution in [2.75, 3.05) is 5.73 Å². The Morgan fingerprint density at radius 1 is 1.11 bits per heavy atom. The first kappa shape index (κ1) is 10.8. The van der Waals surface area contributed by atoms with Gasteiger partial charge in [-0.2, -0.15) is 10.2 Å². The molecular formula is C11H15N7. The van der Waals surface area contributed by atoms with Crippen LogP contribution in [0.3, 0.4) is 0 Å². The Labute approximate surface area is 104 Å². The number of aryl methyl sites for hydroxylation is 4. The molecule has 3 heterocycles. The highest BCUT2D eigenvalue weighted by atomic mass is 15.4. The number of hydrogen-bond donors (Lipinski definition) is 1. The molecule has 0 aliphatic carbocycles. The smallest absolute Gasteiger partial charge is 0.207 e. The molecule has 0 aromatic carbocycles. The van der Waals surface area contributed by atoms with E-state index in [9.17, 15) is 0 Å². The molecule has 2 N–H and O–H groups in total. The zero-order valence-electron chi connectivity index (χ0n) is 10.8. The fraction of sp³-hybridized carbons (Fsp3) is 0.364. The van der Waals surface area contributed by atoms with Crippen molar-refractivity contribution < 1.29 is 0 Å². The van der Waals surface area contributed by atoms with Crippen molar-refractivity contribution in [3.63, 3.8) is 0 Å². The molecule has 0 amide bonds. The van der Waals surface area contributed by atoms with Crippen molar-refractivity contribution >= 4 is 17.1 Å². The summed E-state index contributed by atoms with van der Waals surface area (Å²) in [6.45, 7) is 3.87. The molecule has 0 aliphatic heterocycles. The first-order chi connectivity index (χ1) is 8.49. The van der Waals surface area contributed by atoms with Crippen LogP contribution in [0.25, 0.3) is 16.9 Å². The summed E-state index contributed by atoms with van der Waals surface area (Å²) in [5.74, 6) is 0.456. The Kier molecular flexibility index (Phi) is 2.01. The fourth-order valence-corrected chi connectivity index (χ4v) is 2.33. The van der Waals surface area contributed by atoms with E-state index in [0.717, 1.165) is 28.2 Å². The maximum atomic E-state index is 6.02. The van der Waals surface area contributed by atoms with Crippen molar-refractivity contribution in [3.8, 4) is 5.69 Å². The van der Waals surface area contributed by atoms with Gasteiger partial charge in [0.2, 0.25) is 5.95 Å². The second kappa shape index (κ2) is 3.34. The van der Waals surface area contributed by atoms with Crippen molar-refractivity contribution in [1.82, 2.24) is 29.1 Å². The Balaban J connectivity index is 2.41. The number of nitrogens with zero attached hydrogens (tertiary/aromatic N) is 6. The van der Waals surface area contributed by atoms with Crippen molar-refractivity contribution in [2.24, 2.45) is 14.1 Å². The van der Waals surface area contributed by atoms with Gasteiger partial charge in [-0.25, -0.2) is 9.67 Å². The monoisotopic (exact) mass is 245 g/mol. The molecule has 0 atom stereocenters. The van der Waals surface area contributed by atoms with Gasteiger partial charge < -0.3 is 5.73 Å². The topological polar surface area (TPSA) is 79.5 Å². The molecule has 0 saturated carbocycles. The molecular weight excluding hydrogens is 230 g/mol. The van der Waals surface area contributed by atoms with Crippen LogP contribution < -0.4 is 5.73 Å². The molecule has 7 heteroatoms. The predicted molar refractivity (Wildman–Crippen MR) is 68.5 cm³/mol. The number of nitrogen functional groups attached to an aromatic ring is 1. The molecule has 0 saturated heterocycles. The van der Waals surface area contributed by atoms with Crippen LogP contribution in [0.5, 0.6) is 0 Å². The summed E-state index contributed by atoms with van der Waals surface area (Å²) in [7, 11) is 3.77. The first-order valence-electron chi connectivity index (χ1n) is 5.67. The number of hydrogen-bond acceptors (Lipinski definition) is 4. The normalized spacial score (nSPS) is 11.6. The maximum Gasteiger partial charge on any atom is 0.207 e. The highest BCUT2D eigenvalue weighted by Crippen LogP contribution is 2.25. The van der Waals surface area contributed by atoms with Gasteiger partial charge in [0.1, 0.15) is 5.52 Å². The maximum absolute atomic E-state index is 6.02. The second-order valence-corrected chi connectivity index (χ2v) is 4.46. The van der Waals surface area contributed by atoms with Crippen molar-refractivity contribution in [2.45, 2.75) is 13.8 Å². The number of nitrogens with two attached hydrogens (primary N) is 1. The summed E-state index contributed by atoms with van der Waals surface area (Å²) in [6, 6.07) is 0. The Hall–Kier alpha value is -2.31. The molecule has 0 bridgehead atoms. The summed E-state index contributed by atoms with van der Waals surface area (Å²) in [5.41, 5.74) is 10.5. The lowest BCUT2D eigenvalue weighted by Gasteiger charge is -2.04. The molecule has 0 spiro atoms. The quantitative estimate of drug-likeness (QED) is 0.684. The number of rotatable bonds is 1. The van der Waals surface area contributed by atoms with Crippen LogP contribution in [0, 0.1) is 13.8 Å². The van der Waals surface area contributed by atoms with E-state index >= 15 is 0 Å². The lowest BCUT2D eigenvalue weighted by molar-refractivity contribution is 0.755. The highest BCUT2D eigenvalue weighted by molar-refractivity contribution is 5.80. The van der Waals surface area contributed by atoms with E-state index in [2.05, 4.69) is 15.2 Å². The van der Waals surface area contributed by atoms with Crippen LogP contribution >= 0.6 is 0 Å². The van der Waals surface area contributed by atoms with E-state index in [1.807, 2.05) is 38.7 Å². The largest absolute Gasteiger partial charge is 0.369 e. The van der Waals surface area contributed by atoms with Crippen LogP contribution in [-0.2, 0) is 14.1 Å². The number of anilines is 1. The van der Waals surface area contributed by atoms with Gasteiger partial charge in [-0.1, -0.05) is 0 Å². The lowest BCUT2D eigenvalue weighted by Crippen LogP contribution is -2.05. The number of imidazole rings is 1. The standard InChI is InChI=1S/C11H15N7/c1-6-8(5-16(3)14-6)18-10-9(13-11(18)12)7(2)15-17(10)4/h5H,1-4H3,(H2,12,13). The van der Waals surface area contributed by atoms with E-state index in [0.29, 0.717) is 5.95 Å². The van der Waals surface area contributed by atoms with E-state index in [1.54, 1.807) is 9.36 Å². The SMILES string of the molecule is Cc1nn(C)cc1-n1c(N)nc2c(C)nn(C)c21. The van der Waals surface area contributed by atoms with Gasteiger partial charge in [0.15, 0.2) is 5.65 Å². The van der Waals surface area contributed by atoms with Crippen LogP contribution in [0.2, 0.25) is 0 Å². The molecule has 94 valence electrons. The Bertz CT molecular complexity index is 743. The van der Waals surface area contributed by atoms with Crippen molar-refractivity contribution in [3.05, 3.63) is 17.6 Å². The third kappa shape index (κ3) is 1.27. The molecule has 7 nitrogen and oxygen atoms in total. The molecule has 0 fully saturated rings. The summed E-state index contributed by atoms with van der Waals surface area (Å²) in [4.78, 5) is 4.38. The van der Waals surface area contributed by atoms with Gasteiger partial charge in [0.25, 0.3) is 0 Å². The minimum absolute atomic E-state index is 0.456. The zero-order chi connectivity index (χ0) is 13.0. The van der Waals surface area contributed by atoms with Crippen LogP contribution in [-0.4, -0.2) is 29.1 Å². The van der Waals surface area contributed by atoms with E-state index in [4.69, 9.17) is 5.73 Å². The average molecular weight is 245 g/mol. The van der Waals surface area contributed by atoms with Gasteiger partial charge in [0.05, 0.1) is 17.1 Å². The molecule has 18 heavy (non-hydrogen) atoms. The summed E-state index contributed by atoms with van der Waals surface area (Å²) >= 11 is 0. The molecule has 3 aromatic rings. The van der Waals surface area contributed by atoms with Gasteiger partial charge in [-0.05, 0) is 13.8 Å². The van der Waals surface area contributed by atoms with Crippen LogP contribution in [0.15, 0.2) is 6.20 Å². The van der Waals surface area contributed by atoms with Crippen LogP contribution in [0.4, 0.5) is 5.95 Å². The minimum Gasteiger partial charge on any atom is -0.369 e. The fourth-order valence-electron chi connectivity index (χ4n) is 2.33. The van der Waals surface area contributed by atoms with Gasteiger partial charge in [-0.3, -0.25) is 9.25 Å². The van der Waals surface area contributed by atoms with Crippen molar-refractivity contribution in [1.29, 1.82) is 0 Å². The second-order valence-electron chi connectivity index (χ2n) is 4.46. The Morgan fingerprint density at radius 3 is 2.44 bits per heavy atom. The molecule has 3 rings (SSSR count). The third-order valence-electron chi connectivity index (χ3n) is 3.06. The number of aromatic nitrogens is 6. The molecule has 0 aliphatic rings. The summed E-state index contributed by atoms with van der Waals surface area (Å²) in [6.07, 6.45) is 1.93. The molecule has 0 radical (unpaired) electrons.